The molecule has 0 bridgehead atoms. The van der Waals surface area contributed by atoms with Crippen molar-refractivity contribution in [2.24, 2.45) is 17.8 Å². The van der Waals surface area contributed by atoms with Crippen molar-refractivity contribution in [1.82, 2.24) is 5.32 Å². The van der Waals surface area contributed by atoms with Crippen LogP contribution in [0.25, 0.3) is 0 Å². The Kier molecular flexibility index (Phi) is 2.98. The number of carbonyl (C=O) groups excluding carboxylic acids is 1. The standard InChI is InChI=1S/C15H19NO2/c17-13-8-4-1-5-10(13)9-16-15(18)14-11-6-2-3-7-12(11)14/h1,4-5,8,11-12,14,17H,2-3,6-7,9H2,(H,16,18). The first-order valence-electron chi connectivity index (χ1n) is 6.82. The summed E-state index contributed by atoms with van der Waals surface area (Å²) in [6.45, 7) is 0.432. The van der Waals surface area contributed by atoms with E-state index < -0.39 is 0 Å². The van der Waals surface area contributed by atoms with Gasteiger partial charge in [0.2, 0.25) is 5.91 Å². The Morgan fingerprint density at radius 1 is 1.22 bits per heavy atom. The maximum Gasteiger partial charge on any atom is 0.223 e. The highest BCUT2D eigenvalue weighted by Gasteiger charge is 2.54. The highest BCUT2D eigenvalue weighted by atomic mass is 16.3. The lowest BCUT2D eigenvalue weighted by atomic mass is 10.0. The molecular weight excluding hydrogens is 226 g/mol. The van der Waals surface area contributed by atoms with Crippen LogP contribution in [0.3, 0.4) is 0 Å². The molecule has 0 spiro atoms. The number of hydrogen-bond donors (Lipinski definition) is 2. The number of fused-ring (bicyclic) bond motifs is 1. The van der Waals surface area contributed by atoms with Crippen molar-refractivity contribution in [3.63, 3.8) is 0 Å². The topological polar surface area (TPSA) is 49.3 Å². The minimum absolute atomic E-state index is 0.176. The summed E-state index contributed by atoms with van der Waals surface area (Å²) >= 11 is 0. The Bertz CT molecular complexity index is 446. The summed E-state index contributed by atoms with van der Waals surface area (Å²) < 4.78 is 0. The zero-order valence-corrected chi connectivity index (χ0v) is 10.4. The molecule has 2 aliphatic carbocycles. The molecule has 1 aromatic carbocycles. The molecule has 3 heteroatoms. The average molecular weight is 245 g/mol. The van der Waals surface area contributed by atoms with Gasteiger partial charge in [-0.2, -0.15) is 0 Å². The summed E-state index contributed by atoms with van der Waals surface area (Å²) in [5.74, 6) is 1.96. The second-order valence-corrected chi connectivity index (χ2v) is 5.48. The van der Waals surface area contributed by atoms with E-state index in [0.717, 1.165) is 5.56 Å². The lowest BCUT2D eigenvalue weighted by molar-refractivity contribution is -0.123. The summed E-state index contributed by atoms with van der Waals surface area (Å²) in [5.41, 5.74) is 0.787. The summed E-state index contributed by atoms with van der Waals surface area (Å²) in [5, 5.41) is 12.6. The number of phenols is 1. The summed E-state index contributed by atoms with van der Waals surface area (Å²) in [6, 6.07) is 7.15. The van der Waals surface area contributed by atoms with E-state index in [9.17, 15) is 9.90 Å². The van der Waals surface area contributed by atoms with E-state index in [1.807, 2.05) is 12.1 Å². The molecule has 3 nitrogen and oxygen atoms in total. The quantitative estimate of drug-likeness (QED) is 0.859. The fourth-order valence-electron chi connectivity index (χ4n) is 3.34. The SMILES string of the molecule is O=C(NCc1ccccc1O)C1C2CCCCC21. The lowest BCUT2D eigenvalue weighted by Gasteiger charge is -2.06. The molecule has 2 N–H and O–H groups in total. The van der Waals surface area contributed by atoms with E-state index in [1.165, 1.54) is 25.7 Å². The van der Waals surface area contributed by atoms with E-state index in [4.69, 9.17) is 0 Å². The largest absolute Gasteiger partial charge is 0.508 e. The predicted molar refractivity (Wildman–Crippen MR) is 68.9 cm³/mol. The van der Waals surface area contributed by atoms with Gasteiger partial charge in [0.15, 0.2) is 0 Å². The van der Waals surface area contributed by atoms with Gasteiger partial charge in [-0.15, -0.1) is 0 Å². The van der Waals surface area contributed by atoms with Crippen LogP contribution >= 0.6 is 0 Å². The van der Waals surface area contributed by atoms with Gasteiger partial charge in [0.1, 0.15) is 5.75 Å². The minimum atomic E-state index is 0.176. The fraction of sp³-hybridized carbons (Fsp3) is 0.533. The van der Waals surface area contributed by atoms with Crippen molar-refractivity contribution in [3.05, 3.63) is 29.8 Å². The summed E-state index contributed by atoms with van der Waals surface area (Å²) in [7, 11) is 0. The Hall–Kier alpha value is -1.51. The van der Waals surface area contributed by atoms with Crippen LogP contribution in [0.4, 0.5) is 0 Å². The second kappa shape index (κ2) is 4.63. The zero-order valence-electron chi connectivity index (χ0n) is 10.4. The van der Waals surface area contributed by atoms with Gasteiger partial charge in [-0.1, -0.05) is 31.0 Å². The fourth-order valence-corrected chi connectivity index (χ4v) is 3.34. The highest BCUT2D eigenvalue weighted by Crippen LogP contribution is 2.55. The Morgan fingerprint density at radius 2 is 1.89 bits per heavy atom. The number of rotatable bonds is 3. The van der Waals surface area contributed by atoms with Crippen LogP contribution in [0, 0.1) is 17.8 Å². The molecule has 2 aliphatic rings. The first kappa shape index (κ1) is 11.6. The number of para-hydroxylation sites is 1. The van der Waals surface area contributed by atoms with Gasteiger partial charge >= 0.3 is 0 Å². The molecule has 96 valence electrons. The molecule has 0 aliphatic heterocycles. The van der Waals surface area contributed by atoms with Crippen molar-refractivity contribution in [1.29, 1.82) is 0 Å². The first-order chi connectivity index (χ1) is 8.77. The van der Waals surface area contributed by atoms with Crippen LogP contribution < -0.4 is 5.32 Å². The smallest absolute Gasteiger partial charge is 0.223 e. The third-order valence-corrected chi connectivity index (χ3v) is 4.40. The van der Waals surface area contributed by atoms with Crippen LogP contribution in [0.5, 0.6) is 5.75 Å². The number of nitrogens with one attached hydrogen (secondary N) is 1. The number of hydrogen-bond acceptors (Lipinski definition) is 2. The molecule has 0 heterocycles. The Labute approximate surface area is 107 Å². The van der Waals surface area contributed by atoms with Gasteiger partial charge in [-0.25, -0.2) is 0 Å². The predicted octanol–water partition coefficient (Wildman–Crippen LogP) is 2.44. The molecule has 0 radical (unpaired) electrons. The molecule has 2 atom stereocenters. The number of carbonyl (C=O) groups is 1. The molecule has 2 fully saturated rings. The van der Waals surface area contributed by atoms with Crippen molar-refractivity contribution in [2.45, 2.75) is 32.2 Å². The third kappa shape index (κ3) is 2.09. The Balaban J connectivity index is 1.55. The molecule has 3 rings (SSSR count). The lowest BCUT2D eigenvalue weighted by Crippen LogP contribution is -2.25. The molecule has 1 amide bonds. The van der Waals surface area contributed by atoms with Gasteiger partial charge in [0, 0.05) is 18.0 Å². The number of benzene rings is 1. The van der Waals surface area contributed by atoms with Gasteiger partial charge in [-0.3, -0.25) is 4.79 Å². The van der Waals surface area contributed by atoms with E-state index in [2.05, 4.69) is 5.32 Å². The van der Waals surface area contributed by atoms with Crippen molar-refractivity contribution >= 4 is 5.91 Å². The normalized spacial score (nSPS) is 29.4. The first-order valence-corrected chi connectivity index (χ1v) is 6.82. The van der Waals surface area contributed by atoms with Crippen LogP contribution in [0.1, 0.15) is 31.2 Å². The maximum atomic E-state index is 12.1. The van der Waals surface area contributed by atoms with Gasteiger partial charge in [0.25, 0.3) is 0 Å². The summed E-state index contributed by atoms with van der Waals surface area (Å²) in [4.78, 5) is 12.1. The highest BCUT2D eigenvalue weighted by molar-refractivity contribution is 5.82. The van der Waals surface area contributed by atoms with E-state index in [1.54, 1.807) is 12.1 Å². The summed E-state index contributed by atoms with van der Waals surface area (Å²) in [6.07, 6.45) is 5.01. The zero-order chi connectivity index (χ0) is 12.5. The number of amides is 1. The molecular formula is C15H19NO2. The van der Waals surface area contributed by atoms with Crippen molar-refractivity contribution < 1.29 is 9.90 Å². The number of phenolic OH excluding ortho intramolecular Hbond substituents is 1. The Morgan fingerprint density at radius 3 is 2.56 bits per heavy atom. The third-order valence-electron chi connectivity index (χ3n) is 4.40. The minimum Gasteiger partial charge on any atom is -0.508 e. The van der Waals surface area contributed by atoms with E-state index in [-0.39, 0.29) is 17.6 Å². The van der Waals surface area contributed by atoms with E-state index in [0.29, 0.717) is 18.4 Å². The maximum absolute atomic E-state index is 12.1. The van der Waals surface area contributed by atoms with Gasteiger partial charge in [-0.05, 0) is 30.7 Å². The van der Waals surface area contributed by atoms with E-state index >= 15 is 0 Å². The molecule has 2 saturated carbocycles. The van der Waals surface area contributed by atoms with Crippen LogP contribution in [0.15, 0.2) is 24.3 Å². The second-order valence-electron chi connectivity index (χ2n) is 5.48. The molecule has 0 aromatic heterocycles. The van der Waals surface area contributed by atoms with Gasteiger partial charge < -0.3 is 10.4 Å². The average Bonchev–Trinajstić information content (AvgIpc) is 3.12. The molecule has 1 aromatic rings. The molecule has 2 unspecified atom stereocenters. The van der Waals surface area contributed by atoms with Crippen molar-refractivity contribution in [2.75, 3.05) is 0 Å². The molecule has 18 heavy (non-hydrogen) atoms. The monoisotopic (exact) mass is 245 g/mol. The van der Waals surface area contributed by atoms with Gasteiger partial charge in [0.05, 0.1) is 0 Å². The number of aromatic hydroxyl groups is 1. The van der Waals surface area contributed by atoms with Crippen LogP contribution in [0.2, 0.25) is 0 Å². The van der Waals surface area contributed by atoms with Crippen LogP contribution in [-0.2, 0) is 11.3 Å². The van der Waals surface area contributed by atoms with Crippen molar-refractivity contribution in [3.8, 4) is 5.75 Å². The van der Waals surface area contributed by atoms with Crippen LogP contribution in [-0.4, -0.2) is 11.0 Å². The molecule has 0 saturated heterocycles.